The van der Waals surface area contributed by atoms with Crippen molar-refractivity contribution >= 4 is 17.7 Å². The van der Waals surface area contributed by atoms with Gasteiger partial charge in [-0.2, -0.15) is 0 Å². The molecule has 3 rings (SSSR count). The van der Waals surface area contributed by atoms with E-state index in [9.17, 15) is 19.5 Å². The zero-order chi connectivity index (χ0) is 20.0. The fraction of sp³-hybridized carbons (Fsp3) is 0.737. The Morgan fingerprint density at radius 2 is 1.89 bits per heavy atom. The van der Waals surface area contributed by atoms with Crippen LogP contribution >= 0.6 is 0 Å². The van der Waals surface area contributed by atoms with Crippen molar-refractivity contribution in [2.24, 2.45) is 5.92 Å². The van der Waals surface area contributed by atoms with Gasteiger partial charge in [-0.1, -0.05) is 13.0 Å². The van der Waals surface area contributed by atoms with E-state index in [1.807, 2.05) is 11.9 Å². The second kappa shape index (κ2) is 7.00. The van der Waals surface area contributed by atoms with Gasteiger partial charge in [0.05, 0.1) is 6.10 Å². The molecule has 0 saturated carbocycles. The van der Waals surface area contributed by atoms with Crippen LogP contribution in [-0.4, -0.2) is 77.9 Å². The van der Waals surface area contributed by atoms with Crippen molar-refractivity contribution in [3.05, 3.63) is 11.6 Å². The number of Topliss-reactive ketones (excluding diaryl/α,β-unsaturated/α-hetero) is 1. The molecule has 3 aliphatic heterocycles. The minimum atomic E-state index is -1.82. The van der Waals surface area contributed by atoms with Crippen molar-refractivity contribution < 1.29 is 33.7 Å². The van der Waals surface area contributed by atoms with E-state index >= 15 is 0 Å². The summed E-state index contributed by atoms with van der Waals surface area (Å²) in [4.78, 5) is 40.2. The number of hydrogen-bond acceptors (Lipinski definition) is 8. The highest BCUT2D eigenvalue weighted by Crippen LogP contribution is 2.45. The summed E-state index contributed by atoms with van der Waals surface area (Å²) < 4.78 is 16.4. The fourth-order valence-corrected chi connectivity index (χ4v) is 3.54. The maximum Gasteiger partial charge on any atom is 0.341 e. The molecule has 0 aromatic heterocycles. The summed E-state index contributed by atoms with van der Waals surface area (Å²) in [6, 6.07) is 0. The SMILES string of the molecule is C[C@@H]1C[C@@]2(O[C@H]2C)C(=O)O[C@@H]2CCN(C)C/C=C(/COC(=O)[C@]1(C)O)C2=O. The minimum absolute atomic E-state index is 0.0958. The number of hydrogen-bond donors (Lipinski definition) is 1. The summed E-state index contributed by atoms with van der Waals surface area (Å²) >= 11 is 0. The van der Waals surface area contributed by atoms with Crippen LogP contribution in [-0.2, 0) is 28.6 Å². The Labute approximate surface area is 158 Å². The number of fused-ring (bicyclic) bond motifs is 2. The van der Waals surface area contributed by atoms with E-state index in [1.54, 1.807) is 19.9 Å². The van der Waals surface area contributed by atoms with Crippen LogP contribution in [0.1, 0.15) is 33.6 Å². The zero-order valence-corrected chi connectivity index (χ0v) is 16.2. The highest BCUT2D eigenvalue weighted by Gasteiger charge is 2.63. The molecule has 1 spiro atoms. The number of rotatable bonds is 0. The Morgan fingerprint density at radius 3 is 2.52 bits per heavy atom. The smallest absolute Gasteiger partial charge is 0.341 e. The molecule has 5 atom stereocenters. The standard InChI is InChI=1S/C19H27NO7/c1-11-9-19(12(2)27-19)17(23)26-14-6-8-20(4)7-5-13(15(14)21)10-25-16(22)18(11,3)24/h5,11-12,14,24H,6-10H2,1-4H3/b13-5-/t11-,12+,14-,18-,19+/m1/s1. The van der Waals surface area contributed by atoms with Gasteiger partial charge < -0.3 is 24.2 Å². The van der Waals surface area contributed by atoms with E-state index in [1.165, 1.54) is 6.92 Å². The fourth-order valence-electron chi connectivity index (χ4n) is 3.54. The molecule has 0 unspecified atom stereocenters. The summed E-state index contributed by atoms with van der Waals surface area (Å²) in [6.07, 6.45) is 0.756. The topological polar surface area (TPSA) is 106 Å². The number of carbonyl (C=O) groups is 3. The van der Waals surface area contributed by atoms with Crippen molar-refractivity contribution in [2.45, 2.75) is 57.0 Å². The Hall–Kier alpha value is -1.77. The largest absolute Gasteiger partial charge is 0.459 e. The Morgan fingerprint density at radius 1 is 1.22 bits per heavy atom. The highest BCUT2D eigenvalue weighted by atomic mass is 16.7. The minimum Gasteiger partial charge on any atom is -0.459 e. The predicted molar refractivity (Wildman–Crippen MR) is 93.7 cm³/mol. The highest BCUT2D eigenvalue weighted by molar-refractivity contribution is 6.01. The molecule has 0 aromatic rings. The van der Waals surface area contributed by atoms with Crippen LogP contribution in [0.25, 0.3) is 0 Å². The van der Waals surface area contributed by atoms with Gasteiger partial charge in [0.1, 0.15) is 6.61 Å². The average Bonchev–Trinajstić information content (AvgIpc) is 3.26. The summed E-state index contributed by atoms with van der Waals surface area (Å²) in [5.41, 5.74) is -2.81. The van der Waals surface area contributed by atoms with Crippen molar-refractivity contribution in [3.63, 3.8) is 0 Å². The third kappa shape index (κ3) is 3.66. The molecule has 2 bridgehead atoms. The molecule has 0 radical (unpaired) electrons. The lowest BCUT2D eigenvalue weighted by Crippen LogP contribution is -2.48. The number of nitrogens with zero attached hydrogens (tertiary/aromatic N) is 1. The van der Waals surface area contributed by atoms with Gasteiger partial charge in [0.25, 0.3) is 0 Å². The van der Waals surface area contributed by atoms with Crippen molar-refractivity contribution in [1.82, 2.24) is 4.90 Å². The molecule has 0 amide bonds. The van der Waals surface area contributed by atoms with Gasteiger partial charge >= 0.3 is 11.9 Å². The first-order valence-corrected chi connectivity index (χ1v) is 9.28. The number of aliphatic hydroxyl groups is 1. The monoisotopic (exact) mass is 381 g/mol. The van der Waals surface area contributed by atoms with Crippen molar-refractivity contribution in [3.8, 4) is 0 Å². The number of cyclic esters (lactones) is 1. The van der Waals surface area contributed by atoms with E-state index in [4.69, 9.17) is 14.2 Å². The quantitative estimate of drug-likeness (QED) is 0.469. The molecular formula is C19H27NO7. The molecule has 2 fully saturated rings. The first-order valence-electron chi connectivity index (χ1n) is 9.28. The molecule has 0 aliphatic carbocycles. The lowest BCUT2D eigenvalue weighted by Gasteiger charge is -2.32. The molecular weight excluding hydrogens is 354 g/mol. The third-order valence-corrected chi connectivity index (χ3v) is 5.95. The lowest BCUT2D eigenvalue weighted by molar-refractivity contribution is -0.173. The number of epoxide rings is 1. The molecule has 1 N–H and O–H groups in total. The second-order valence-corrected chi connectivity index (χ2v) is 8.02. The van der Waals surface area contributed by atoms with Gasteiger partial charge in [-0.05, 0) is 33.2 Å². The second-order valence-electron chi connectivity index (χ2n) is 8.02. The molecule has 3 heterocycles. The molecule has 3 aliphatic rings. The van der Waals surface area contributed by atoms with E-state index in [2.05, 4.69) is 0 Å². The van der Waals surface area contributed by atoms with Gasteiger partial charge in [0.2, 0.25) is 5.78 Å². The summed E-state index contributed by atoms with van der Waals surface area (Å²) in [5.74, 6) is -2.43. The normalized spacial score (nSPS) is 43.4. The van der Waals surface area contributed by atoms with Gasteiger partial charge in [-0.15, -0.1) is 0 Å². The van der Waals surface area contributed by atoms with Crippen molar-refractivity contribution in [2.75, 3.05) is 26.7 Å². The van der Waals surface area contributed by atoms with Gasteiger partial charge in [0.15, 0.2) is 17.3 Å². The molecule has 8 heteroatoms. The number of likely N-dealkylation sites (N-methyl/N-ethyl adjacent to an activating group) is 1. The number of carbonyl (C=O) groups excluding carboxylic acids is 3. The van der Waals surface area contributed by atoms with Crippen LogP contribution < -0.4 is 0 Å². The van der Waals surface area contributed by atoms with Crippen LogP contribution in [0.5, 0.6) is 0 Å². The van der Waals surface area contributed by atoms with Gasteiger partial charge in [-0.3, -0.25) is 4.79 Å². The van der Waals surface area contributed by atoms with E-state index in [0.717, 1.165) is 0 Å². The summed E-state index contributed by atoms with van der Waals surface area (Å²) in [5, 5.41) is 10.7. The first-order chi connectivity index (χ1) is 12.6. The molecule has 0 aromatic carbocycles. The third-order valence-electron chi connectivity index (χ3n) is 5.95. The van der Waals surface area contributed by atoms with Crippen LogP contribution in [0.4, 0.5) is 0 Å². The van der Waals surface area contributed by atoms with E-state index in [0.29, 0.717) is 19.5 Å². The number of ether oxygens (including phenoxy) is 3. The number of esters is 2. The first kappa shape index (κ1) is 20.0. The van der Waals surface area contributed by atoms with E-state index in [-0.39, 0.29) is 24.4 Å². The molecule has 150 valence electrons. The van der Waals surface area contributed by atoms with E-state index < -0.39 is 41.3 Å². The Bertz CT molecular complexity index is 686. The average molecular weight is 381 g/mol. The molecule has 8 nitrogen and oxygen atoms in total. The van der Waals surface area contributed by atoms with Gasteiger partial charge in [0, 0.05) is 25.1 Å². The number of ketones is 1. The molecule has 2 saturated heterocycles. The summed E-state index contributed by atoms with van der Waals surface area (Å²) in [6.45, 7) is 5.57. The Kier molecular flexibility index (Phi) is 5.18. The maximum atomic E-state index is 12.9. The summed E-state index contributed by atoms with van der Waals surface area (Å²) in [7, 11) is 1.89. The van der Waals surface area contributed by atoms with Crippen LogP contribution in [0, 0.1) is 5.92 Å². The van der Waals surface area contributed by atoms with Crippen LogP contribution in [0.3, 0.4) is 0 Å². The predicted octanol–water partition coefficient (Wildman–Crippen LogP) is 0.221. The van der Waals surface area contributed by atoms with Crippen molar-refractivity contribution in [1.29, 1.82) is 0 Å². The zero-order valence-electron chi connectivity index (χ0n) is 16.2. The molecule has 27 heavy (non-hydrogen) atoms. The maximum absolute atomic E-state index is 12.9. The van der Waals surface area contributed by atoms with Crippen LogP contribution in [0.2, 0.25) is 0 Å². The Balaban J connectivity index is 1.97. The van der Waals surface area contributed by atoms with Crippen LogP contribution in [0.15, 0.2) is 11.6 Å². The lowest BCUT2D eigenvalue weighted by atomic mass is 9.82. The van der Waals surface area contributed by atoms with Gasteiger partial charge in [-0.25, -0.2) is 9.59 Å².